The summed E-state index contributed by atoms with van der Waals surface area (Å²) in [6.45, 7) is 7.31. The smallest absolute Gasteiger partial charge is 0.238 e. The molecule has 0 spiro atoms. The molecular weight excluding hydrogens is 362 g/mol. The number of hydrogen-bond donors (Lipinski definition) is 1. The summed E-state index contributed by atoms with van der Waals surface area (Å²) in [4.78, 5) is 4.68. The van der Waals surface area contributed by atoms with Crippen LogP contribution in [-0.4, -0.2) is 18.0 Å². The van der Waals surface area contributed by atoms with Gasteiger partial charge in [0, 0.05) is 6.54 Å². The molecule has 3 aromatic rings. The second kappa shape index (κ2) is 7.70. The van der Waals surface area contributed by atoms with Crippen molar-refractivity contribution in [2.75, 3.05) is 0 Å². The van der Waals surface area contributed by atoms with Crippen LogP contribution in [0.15, 0.2) is 41.3 Å². The summed E-state index contributed by atoms with van der Waals surface area (Å²) in [7, 11) is -3.76. The lowest BCUT2D eigenvalue weighted by atomic mass is 10.1. The number of hydrogen-bond acceptors (Lipinski definition) is 4. The third-order valence-electron chi connectivity index (χ3n) is 4.43. The molecular formula is C20H25N3O3S. The van der Waals surface area contributed by atoms with Gasteiger partial charge in [-0.2, -0.15) is 0 Å². The maximum absolute atomic E-state index is 11.6. The topological polar surface area (TPSA) is 87.2 Å². The van der Waals surface area contributed by atoms with Gasteiger partial charge in [-0.1, -0.05) is 19.4 Å². The average Bonchev–Trinajstić information content (AvgIpc) is 2.93. The predicted molar refractivity (Wildman–Crippen MR) is 106 cm³/mol. The van der Waals surface area contributed by atoms with E-state index in [1.807, 2.05) is 26.0 Å². The molecule has 0 saturated heterocycles. The van der Waals surface area contributed by atoms with Crippen LogP contribution in [0.2, 0.25) is 0 Å². The third-order valence-corrected chi connectivity index (χ3v) is 5.34. The molecule has 1 aromatic heterocycles. The van der Waals surface area contributed by atoms with E-state index in [1.165, 1.54) is 12.1 Å². The molecule has 0 unspecified atom stereocenters. The number of sulfonamides is 1. The number of benzene rings is 2. The molecule has 1 heterocycles. The van der Waals surface area contributed by atoms with Crippen molar-refractivity contribution in [1.29, 1.82) is 0 Å². The van der Waals surface area contributed by atoms with E-state index in [2.05, 4.69) is 22.5 Å². The van der Waals surface area contributed by atoms with Gasteiger partial charge in [0.05, 0.1) is 15.9 Å². The van der Waals surface area contributed by atoms with E-state index in [0.29, 0.717) is 12.1 Å². The molecule has 0 bridgehead atoms. The summed E-state index contributed by atoms with van der Waals surface area (Å²) < 4.78 is 31.3. The van der Waals surface area contributed by atoms with E-state index >= 15 is 0 Å². The van der Waals surface area contributed by atoms with Crippen LogP contribution >= 0.6 is 0 Å². The van der Waals surface area contributed by atoms with Gasteiger partial charge in [0.25, 0.3) is 0 Å². The Morgan fingerprint density at radius 1 is 1.11 bits per heavy atom. The fourth-order valence-electron chi connectivity index (χ4n) is 3.18. The first kappa shape index (κ1) is 19.4. The van der Waals surface area contributed by atoms with Gasteiger partial charge in [-0.25, -0.2) is 18.5 Å². The summed E-state index contributed by atoms with van der Waals surface area (Å²) in [5.74, 6) is 1.57. The maximum Gasteiger partial charge on any atom is 0.238 e. The van der Waals surface area contributed by atoms with E-state index in [-0.39, 0.29) is 4.90 Å². The zero-order valence-electron chi connectivity index (χ0n) is 15.9. The van der Waals surface area contributed by atoms with E-state index < -0.39 is 10.0 Å². The van der Waals surface area contributed by atoms with Crippen LogP contribution in [0.1, 0.15) is 36.7 Å². The third kappa shape index (κ3) is 4.48. The average molecular weight is 388 g/mol. The first-order valence-electron chi connectivity index (χ1n) is 9.01. The van der Waals surface area contributed by atoms with Crippen LogP contribution in [0.3, 0.4) is 0 Å². The quantitative estimate of drug-likeness (QED) is 0.670. The Kier molecular flexibility index (Phi) is 5.53. The number of nitrogens with zero attached hydrogens (tertiary/aromatic N) is 2. The fourth-order valence-corrected chi connectivity index (χ4v) is 3.71. The number of imidazole rings is 1. The summed E-state index contributed by atoms with van der Waals surface area (Å²) >= 11 is 0. The largest absolute Gasteiger partial charge is 0.486 e. The van der Waals surface area contributed by atoms with E-state index in [4.69, 9.17) is 9.88 Å². The van der Waals surface area contributed by atoms with Crippen molar-refractivity contribution >= 4 is 21.1 Å². The Hall–Kier alpha value is -2.38. The molecule has 27 heavy (non-hydrogen) atoms. The molecule has 0 radical (unpaired) electrons. The van der Waals surface area contributed by atoms with Crippen LogP contribution in [0.4, 0.5) is 0 Å². The second-order valence-corrected chi connectivity index (χ2v) is 8.40. The second-order valence-electron chi connectivity index (χ2n) is 6.84. The highest BCUT2D eigenvalue weighted by atomic mass is 32.2. The van der Waals surface area contributed by atoms with Gasteiger partial charge in [-0.05, 0) is 61.7 Å². The van der Waals surface area contributed by atoms with E-state index in [9.17, 15) is 8.42 Å². The van der Waals surface area contributed by atoms with Crippen LogP contribution in [-0.2, 0) is 23.2 Å². The zero-order valence-corrected chi connectivity index (χ0v) is 16.7. The highest BCUT2D eigenvalue weighted by Crippen LogP contribution is 2.23. The first-order valence-corrected chi connectivity index (χ1v) is 10.6. The number of aryl methyl sites for hydroxylation is 3. The van der Waals surface area contributed by atoms with Crippen molar-refractivity contribution in [2.24, 2.45) is 5.14 Å². The Morgan fingerprint density at radius 3 is 2.44 bits per heavy atom. The van der Waals surface area contributed by atoms with Crippen molar-refractivity contribution in [2.45, 2.75) is 51.7 Å². The lowest BCUT2D eigenvalue weighted by Crippen LogP contribution is -2.11. The van der Waals surface area contributed by atoms with E-state index in [0.717, 1.165) is 47.6 Å². The van der Waals surface area contributed by atoms with Crippen molar-refractivity contribution in [3.05, 3.63) is 53.3 Å². The molecule has 144 valence electrons. The van der Waals surface area contributed by atoms with Crippen molar-refractivity contribution in [3.8, 4) is 5.75 Å². The number of rotatable bonds is 7. The van der Waals surface area contributed by atoms with E-state index in [1.54, 1.807) is 6.07 Å². The fraction of sp³-hybridized carbons (Fsp3) is 0.350. The lowest BCUT2D eigenvalue weighted by molar-refractivity contribution is 0.289. The number of nitrogens with two attached hydrogens (primary N) is 1. The summed E-state index contributed by atoms with van der Waals surface area (Å²) in [5, 5.41) is 5.25. The molecule has 7 heteroatoms. The van der Waals surface area contributed by atoms with Gasteiger partial charge in [0.15, 0.2) is 0 Å². The number of fused-ring (bicyclic) bond motifs is 1. The minimum atomic E-state index is -3.76. The molecule has 3 rings (SSSR count). The van der Waals surface area contributed by atoms with Gasteiger partial charge in [-0.3, -0.25) is 0 Å². The minimum Gasteiger partial charge on any atom is -0.486 e. The molecule has 0 aliphatic rings. The molecule has 0 aliphatic carbocycles. The molecule has 6 nitrogen and oxygen atoms in total. The number of aromatic nitrogens is 2. The standard InChI is InChI=1S/C20H25N3O3S/c1-4-5-8-23-19-7-6-17(27(21,24)25)12-18(19)22-20(23)13-26-16-10-14(2)9-15(3)11-16/h6-7,9-12H,4-5,8,13H2,1-3H3,(H2,21,24,25). The van der Waals surface area contributed by atoms with Crippen LogP contribution in [0.5, 0.6) is 5.75 Å². The molecule has 0 fully saturated rings. The molecule has 0 saturated carbocycles. The Labute approximate surface area is 160 Å². The van der Waals surface area contributed by atoms with Crippen molar-refractivity contribution in [3.63, 3.8) is 0 Å². The molecule has 0 atom stereocenters. The van der Waals surface area contributed by atoms with Gasteiger partial charge in [0.1, 0.15) is 18.2 Å². The van der Waals surface area contributed by atoms with Gasteiger partial charge in [-0.15, -0.1) is 0 Å². The van der Waals surface area contributed by atoms with Gasteiger partial charge in [0.2, 0.25) is 10.0 Å². The van der Waals surface area contributed by atoms with Crippen molar-refractivity contribution < 1.29 is 13.2 Å². The number of primary sulfonamides is 1. The number of unbranched alkanes of at least 4 members (excludes halogenated alkanes) is 1. The van der Waals surface area contributed by atoms with Crippen LogP contribution in [0.25, 0.3) is 11.0 Å². The summed E-state index contributed by atoms with van der Waals surface area (Å²) in [6, 6.07) is 10.9. The van der Waals surface area contributed by atoms with Gasteiger partial charge < -0.3 is 9.30 Å². The Bertz CT molecular complexity index is 1050. The predicted octanol–water partition coefficient (Wildman–Crippen LogP) is 3.68. The Morgan fingerprint density at radius 2 is 1.81 bits per heavy atom. The van der Waals surface area contributed by atoms with Crippen LogP contribution in [0, 0.1) is 13.8 Å². The molecule has 0 aliphatic heterocycles. The zero-order chi connectivity index (χ0) is 19.6. The monoisotopic (exact) mass is 387 g/mol. The Balaban J connectivity index is 1.96. The molecule has 2 N–H and O–H groups in total. The highest BCUT2D eigenvalue weighted by Gasteiger charge is 2.15. The lowest BCUT2D eigenvalue weighted by Gasteiger charge is -2.11. The highest BCUT2D eigenvalue weighted by molar-refractivity contribution is 7.89. The summed E-state index contributed by atoms with van der Waals surface area (Å²) in [5.41, 5.74) is 3.77. The molecule has 2 aromatic carbocycles. The number of ether oxygens (including phenoxy) is 1. The van der Waals surface area contributed by atoms with Gasteiger partial charge >= 0.3 is 0 Å². The van der Waals surface area contributed by atoms with Crippen LogP contribution < -0.4 is 9.88 Å². The summed E-state index contributed by atoms with van der Waals surface area (Å²) in [6.07, 6.45) is 2.05. The van der Waals surface area contributed by atoms with Crippen molar-refractivity contribution in [1.82, 2.24) is 9.55 Å². The first-order chi connectivity index (χ1) is 12.8. The minimum absolute atomic E-state index is 0.0666. The normalized spacial score (nSPS) is 11.9. The molecule has 0 amide bonds. The SMILES string of the molecule is CCCCn1c(COc2cc(C)cc(C)c2)nc2cc(S(N)(=O)=O)ccc21. The maximum atomic E-state index is 11.6.